The summed E-state index contributed by atoms with van der Waals surface area (Å²) in [4.78, 5) is 25.2. The molecule has 1 fully saturated rings. The number of aryl methyl sites for hydroxylation is 2. The molecule has 4 rings (SSSR count). The molecule has 0 spiro atoms. The number of amides is 2. The van der Waals surface area contributed by atoms with Crippen LogP contribution in [0.5, 0.6) is 5.75 Å². The third kappa shape index (κ3) is 2.39. The van der Waals surface area contributed by atoms with Crippen LogP contribution in [0.25, 0.3) is 0 Å². The maximum absolute atomic E-state index is 12.9. The average molecular weight is 353 g/mol. The lowest BCUT2D eigenvalue weighted by molar-refractivity contribution is -0.385. The molecule has 2 heterocycles. The van der Waals surface area contributed by atoms with Crippen LogP contribution in [-0.2, 0) is 0 Å². The Labute approximate surface area is 150 Å². The van der Waals surface area contributed by atoms with Gasteiger partial charge in [-0.25, -0.2) is 4.79 Å². The summed E-state index contributed by atoms with van der Waals surface area (Å²) in [6.45, 7) is 5.81. The number of non-ortho nitro benzene ring substituents is 1. The maximum atomic E-state index is 12.9. The molecule has 1 saturated heterocycles. The van der Waals surface area contributed by atoms with E-state index in [2.05, 4.69) is 5.32 Å². The van der Waals surface area contributed by atoms with E-state index in [1.54, 1.807) is 11.0 Å². The standard InChI is InChI=1S/C19H19N3O4/c1-11-4-5-12(2)16(8-11)21-18(23)20-15-10-19(21,3)26-17-7-6-13(22(24)25)9-14(15)17/h4-9,15H,10H2,1-3H3,(H,20,23). The molecular weight excluding hydrogens is 334 g/mol. The van der Waals surface area contributed by atoms with E-state index in [0.29, 0.717) is 17.7 Å². The van der Waals surface area contributed by atoms with E-state index in [0.717, 1.165) is 16.8 Å². The van der Waals surface area contributed by atoms with Crippen LogP contribution < -0.4 is 15.0 Å². The number of urea groups is 1. The number of nitrogens with zero attached hydrogens (tertiary/aromatic N) is 2. The number of hydrogen-bond donors (Lipinski definition) is 1. The normalized spacial score (nSPS) is 23.7. The number of carbonyl (C=O) groups excluding carboxylic acids is 1. The lowest BCUT2D eigenvalue weighted by atomic mass is 9.89. The number of nitro benzene ring substituents is 1. The highest BCUT2D eigenvalue weighted by Gasteiger charge is 2.50. The molecule has 7 nitrogen and oxygen atoms in total. The van der Waals surface area contributed by atoms with Crippen molar-refractivity contribution >= 4 is 17.4 Å². The van der Waals surface area contributed by atoms with Gasteiger partial charge >= 0.3 is 6.03 Å². The van der Waals surface area contributed by atoms with Gasteiger partial charge in [0.1, 0.15) is 5.75 Å². The average Bonchev–Trinajstić information content (AvgIpc) is 2.56. The van der Waals surface area contributed by atoms with Crippen molar-refractivity contribution < 1.29 is 14.5 Å². The maximum Gasteiger partial charge on any atom is 0.325 e. The van der Waals surface area contributed by atoms with Gasteiger partial charge in [-0.2, -0.15) is 0 Å². The van der Waals surface area contributed by atoms with Crippen LogP contribution >= 0.6 is 0 Å². The number of anilines is 1. The van der Waals surface area contributed by atoms with Gasteiger partial charge in [-0.15, -0.1) is 0 Å². The lowest BCUT2D eigenvalue weighted by Crippen LogP contribution is -2.65. The van der Waals surface area contributed by atoms with Gasteiger partial charge in [-0.3, -0.25) is 15.0 Å². The molecule has 0 saturated carbocycles. The highest BCUT2D eigenvalue weighted by molar-refractivity contribution is 5.95. The molecule has 2 aliphatic rings. The summed E-state index contributed by atoms with van der Waals surface area (Å²) in [5, 5.41) is 14.0. The highest BCUT2D eigenvalue weighted by Crippen LogP contribution is 2.47. The SMILES string of the molecule is Cc1ccc(C)c(N2C(=O)NC3CC2(C)Oc2ccc([N+](=O)[O-])cc23)c1. The van der Waals surface area contributed by atoms with Crippen LogP contribution in [0, 0.1) is 24.0 Å². The van der Waals surface area contributed by atoms with Crippen LogP contribution in [0.3, 0.4) is 0 Å². The first-order valence-electron chi connectivity index (χ1n) is 8.44. The number of ether oxygens (including phenoxy) is 1. The predicted molar refractivity (Wildman–Crippen MR) is 96.4 cm³/mol. The largest absolute Gasteiger partial charge is 0.467 e. The summed E-state index contributed by atoms with van der Waals surface area (Å²) >= 11 is 0. The Balaban J connectivity index is 1.81. The second-order valence-corrected chi connectivity index (χ2v) is 7.09. The number of fused-ring (bicyclic) bond motifs is 4. The number of nitro groups is 1. The van der Waals surface area contributed by atoms with Crippen molar-refractivity contribution in [3.63, 3.8) is 0 Å². The Bertz CT molecular complexity index is 942. The first-order valence-corrected chi connectivity index (χ1v) is 8.44. The van der Waals surface area contributed by atoms with Crippen molar-refractivity contribution in [2.45, 2.75) is 39.0 Å². The van der Waals surface area contributed by atoms with Crippen LogP contribution in [0.1, 0.15) is 36.1 Å². The summed E-state index contributed by atoms with van der Waals surface area (Å²) in [6, 6.07) is 9.87. The predicted octanol–water partition coefficient (Wildman–Crippen LogP) is 3.98. The Morgan fingerprint density at radius 1 is 1.27 bits per heavy atom. The number of carbonyl (C=O) groups is 1. The molecular formula is C19H19N3O4. The monoisotopic (exact) mass is 353 g/mol. The molecule has 26 heavy (non-hydrogen) atoms. The molecule has 2 aromatic carbocycles. The topological polar surface area (TPSA) is 84.7 Å². The Kier molecular flexibility index (Phi) is 3.44. The van der Waals surface area contributed by atoms with Crippen LogP contribution in [0.15, 0.2) is 36.4 Å². The molecule has 2 amide bonds. The van der Waals surface area contributed by atoms with E-state index < -0.39 is 10.6 Å². The van der Waals surface area contributed by atoms with Crippen molar-refractivity contribution in [1.82, 2.24) is 5.32 Å². The number of nitrogens with one attached hydrogen (secondary N) is 1. The Hall–Kier alpha value is -3.09. The smallest absolute Gasteiger partial charge is 0.325 e. The Morgan fingerprint density at radius 3 is 2.77 bits per heavy atom. The molecule has 2 unspecified atom stereocenters. The lowest BCUT2D eigenvalue weighted by Gasteiger charge is -2.50. The fourth-order valence-corrected chi connectivity index (χ4v) is 3.80. The van der Waals surface area contributed by atoms with Crippen molar-refractivity contribution in [1.29, 1.82) is 0 Å². The molecule has 0 aliphatic carbocycles. The third-order valence-electron chi connectivity index (χ3n) is 5.07. The molecule has 2 aromatic rings. The zero-order valence-corrected chi connectivity index (χ0v) is 14.8. The number of benzene rings is 2. The van der Waals surface area contributed by atoms with Gasteiger partial charge in [-0.05, 0) is 44.0 Å². The highest BCUT2D eigenvalue weighted by atomic mass is 16.6. The minimum absolute atomic E-state index is 0.0119. The van der Waals surface area contributed by atoms with Crippen LogP contribution in [0.4, 0.5) is 16.2 Å². The quantitative estimate of drug-likeness (QED) is 0.654. The van der Waals surface area contributed by atoms with Crippen molar-refractivity contribution in [3.05, 3.63) is 63.2 Å². The molecule has 2 atom stereocenters. The van der Waals surface area contributed by atoms with Gasteiger partial charge in [0.2, 0.25) is 0 Å². The summed E-state index contributed by atoms with van der Waals surface area (Å²) in [6.07, 6.45) is 0.500. The van der Waals surface area contributed by atoms with Gasteiger partial charge in [0.05, 0.1) is 16.7 Å². The summed E-state index contributed by atoms with van der Waals surface area (Å²) in [5.41, 5.74) is 2.59. The minimum atomic E-state index is -0.866. The summed E-state index contributed by atoms with van der Waals surface area (Å²) < 4.78 is 6.20. The summed E-state index contributed by atoms with van der Waals surface area (Å²) in [5.74, 6) is 0.560. The van der Waals surface area contributed by atoms with Crippen molar-refractivity contribution in [3.8, 4) is 5.75 Å². The molecule has 2 aliphatic heterocycles. The van der Waals surface area contributed by atoms with Crippen molar-refractivity contribution in [2.24, 2.45) is 0 Å². The minimum Gasteiger partial charge on any atom is -0.467 e. The molecule has 1 N–H and O–H groups in total. The zero-order valence-electron chi connectivity index (χ0n) is 14.8. The second kappa shape index (κ2) is 5.45. The second-order valence-electron chi connectivity index (χ2n) is 7.09. The van der Waals surface area contributed by atoms with Gasteiger partial charge in [0.25, 0.3) is 5.69 Å². The van der Waals surface area contributed by atoms with Crippen LogP contribution in [0.2, 0.25) is 0 Å². The fraction of sp³-hybridized carbons (Fsp3) is 0.316. The Morgan fingerprint density at radius 2 is 2.04 bits per heavy atom. The van der Waals surface area contributed by atoms with E-state index >= 15 is 0 Å². The van der Waals surface area contributed by atoms with Gasteiger partial charge in [0.15, 0.2) is 5.72 Å². The first kappa shape index (κ1) is 16.4. The van der Waals surface area contributed by atoms with E-state index in [9.17, 15) is 14.9 Å². The molecule has 2 bridgehead atoms. The molecule has 7 heteroatoms. The van der Waals surface area contributed by atoms with E-state index in [1.165, 1.54) is 12.1 Å². The van der Waals surface area contributed by atoms with Gasteiger partial charge < -0.3 is 10.1 Å². The van der Waals surface area contributed by atoms with Crippen LogP contribution in [-0.4, -0.2) is 16.7 Å². The van der Waals surface area contributed by atoms with Gasteiger partial charge in [-0.1, -0.05) is 12.1 Å². The third-order valence-corrected chi connectivity index (χ3v) is 5.07. The molecule has 134 valence electrons. The van der Waals surface area contributed by atoms with E-state index in [4.69, 9.17) is 4.74 Å². The van der Waals surface area contributed by atoms with Gasteiger partial charge in [0, 0.05) is 24.1 Å². The molecule has 0 aromatic heterocycles. The summed E-state index contributed by atoms with van der Waals surface area (Å²) in [7, 11) is 0. The fourth-order valence-electron chi connectivity index (χ4n) is 3.80. The van der Waals surface area contributed by atoms with E-state index in [1.807, 2.05) is 39.0 Å². The number of hydrogen-bond acceptors (Lipinski definition) is 4. The van der Waals surface area contributed by atoms with E-state index in [-0.39, 0.29) is 17.8 Å². The molecule has 0 radical (unpaired) electrons. The number of rotatable bonds is 2. The zero-order chi connectivity index (χ0) is 18.6. The van der Waals surface area contributed by atoms with Crippen molar-refractivity contribution in [2.75, 3.05) is 4.90 Å². The first-order chi connectivity index (χ1) is 12.3.